The van der Waals surface area contributed by atoms with Crippen LogP contribution >= 0.6 is 0 Å². The molecule has 0 spiro atoms. The topological polar surface area (TPSA) is 99.5 Å². The summed E-state index contributed by atoms with van der Waals surface area (Å²) >= 11 is 0. The van der Waals surface area contributed by atoms with Gasteiger partial charge in [0, 0.05) is 45.2 Å². The van der Waals surface area contributed by atoms with Gasteiger partial charge in [0.15, 0.2) is 0 Å². The summed E-state index contributed by atoms with van der Waals surface area (Å²) in [5.74, 6) is 0.203. The number of carbonyl (C=O) groups excluding carboxylic acids is 1. The zero-order chi connectivity index (χ0) is 15.9. The van der Waals surface area contributed by atoms with Crippen molar-refractivity contribution in [2.45, 2.75) is 31.7 Å². The maximum absolute atomic E-state index is 11.8. The van der Waals surface area contributed by atoms with E-state index in [9.17, 15) is 9.59 Å². The number of rotatable bonds is 6. The molecule has 0 bridgehead atoms. The highest BCUT2D eigenvalue weighted by Gasteiger charge is 2.22. The van der Waals surface area contributed by atoms with Crippen LogP contribution in [-0.2, 0) is 11.8 Å². The minimum Gasteiger partial charge on any atom is -0.481 e. The highest BCUT2D eigenvalue weighted by Crippen LogP contribution is 2.18. The number of carboxylic acid groups (broad SMARTS) is 1. The van der Waals surface area contributed by atoms with Crippen molar-refractivity contribution >= 4 is 17.8 Å². The second-order valence-electron chi connectivity index (χ2n) is 5.50. The SMILES string of the molecule is Cn1nccc1N1CCCC(NC(=O)NCCCC(=O)O)C1. The highest BCUT2D eigenvalue weighted by molar-refractivity contribution is 5.74. The van der Waals surface area contributed by atoms with E-state index in [0.29, 0.717) is 13.0 Å². The molecule has 0 radical (unpaired) electrons. The van der Waals surface area contributed by atoms with Gasteiger partial charge in [-0.25, -0.2) is 4.79 Å². The first kappa shape index (κ1) is 16.1. The molecule has 1 aliphatic rings. The van der Waals surface area contributed by atoms with Crippen LogP contribution in [0.3, 0.4) is 0 Å². The minimum absolute atomic E-state index is 0.0674. The van der Waals surface area contributed by atoms with Gasteiger partial charge in [0.2, 0.25) is 0 Å². The number of anilines is 1. The molecule has 1 atom stereocenters. The van der Waals surface area contributed by atoms with E-state index in [0.717, 1.165) is 31.7 Å². The Morgan fingerprint density at radius 1 is 1.50 bits per heavy atom. The average Bonchev–Trinajstić information content (AvgIpc) is 2.90. The van der Waals surface area contributed by atoms with Crippen LogP contribution in [0, 0.1) is 0 Å². The molecule has 2 rings (SSSR count). The molecule has 0 saturated carbocycles. The zero-order valence-corrected chi connectivity index (χ0v) is 12.8. The van der Waals surface area contributed by atoms with Crippen molar-refractivity contribution in [1.29, 1.82) is 0 Å². The van der Waals surface area contributed by atoms with Gasteiger partial charge in [-0.05, 0) is 19.3 Å². The number of piperidine rings is 1. The van der Waals surface area contributed by atoms with Gasteiger partial charge in [-0.2, -0.15) is 5.10 Å². The Bertz CT molecular complexity index is 516. The number of urea groups is 1. The van der Waals surface area contributed by atoms with Crippen LogP contribution < -0.4 is 15.5 Å². The Balaban J connectivity index is 1.74. The molecule has 1 aromatic rings. The number of aryl methyl sites for hydroxylation is 1. The van der Waals surface area contributed by atoms with Gasteiger partial charge in [-0.3, -0.25) is 9.48 Å². The van der Waals surface area contributed by atoms with Crippen molar-refractivity contribution in [3.8, 4) is 0 Å². The molecule has 0 aliphatic carbocycles. The fourth-order valence-electron chi connectivity index (χ4n) is 2.66. The molecule has 8 heteroatoms. The van der Waals surface area contributed by atoms with E-state index < -0.39 is 5.97 Å². The Hall–Kier alpha value is -2.25. The van der Waals surface area contributed by atoms with E-state index in [1.807, 2.05) is 17.8 Å². The molecular formula is C14H23N5O3. The second kappa shape index (κ2) is 7.67. The largest absolute Gasteiger partial charge is 0.481 e. The van der Waals surface area contributed by atoms with Gasteiger partial charge in [0.05, 0.1) is 6.20 Å². The number of aliphatic carboxylic acids is 1. The van der Waals surface area contributed by atoms with Crippen molar-refractivity contribution in [1.82, 2.24) is 20.4 Å². The summed E-state index contributed by atoms with van der Waals surface area (Å²) in [6, 6.07) is 1.82. The van der Waals surface area contributed by atoms with E-state index in [-0.39, 0.29) is 18.5 Å². The van der Waals surface area contributed by atoms with Gasteiger partial charge in [0.25, 0.3) is 0 Å². The van der Waals surface area contributed by atoms with Crippen molar-refractivity contribution in [2.75, 3.05) is 24.5 Å². The molecule has 1 aromatic heterocycles. The van der Waals surface area contributed by atoms with Gasteiger partial charge in [-0.15, -0.1) is 0 Å². The van der Waals surface area contributed by atoms with Crippen molar-refractivity contribution in [3.05, 3.63) is 12.3 Å². The smallest absolute Gasteiger partial charge is 0.315 e. The number of hydrogen-bond acceptors (Lipinski definition) is 4. The fourth-order valence-corrected chi connectivity index (χ4v) is 2.66. The summed E-state index contributed by atoms with van der Waals surface area (Å²) in [7, 11) is 1.90. The van der Waals surface area contributed by atoms with Crippen LogP contribution in [0.2, 0.25) is 0 Å². The van der Waals surface area contributed by atoms with Crippen LogP contribution in [0.4, 0.5) is 10.6 Å². The quantitative estimate of drug-likeness (QED) is 0.667. The predicted molar refractivity (Wildman–Crippen MR) is 81.8 cm³/mol. The lowest BCUT2D eigenvalue weighted by atomic mass is 10.1. The number of hydrogen-bond donors (Lipinski definition) is 3. The predicted octanol–water partition coefficient (Wildman–Crippen LogP) is 0.553. The summed E-state index contributed by atoms with van der Waals surface area (Å²) in [6.07, 6.45) is 4.22. The maximum atomic E-state index is 11.8. The molecule has 0 aromatic carbocycles. The molecule has 2 heterocycles. The summed E-state index contributed by atoms with van der Waals surface area (Å²) in [6.45, 7) is 2.08. The van der Waals surface area contributed by atoms with Gasteiger partial charge >= 0.3 is 12.0 Å². The lowest BCUT2D eigenvalue weighted by molar-refractivity contribution is -0.137. The van der Waals surface area contributed by atoms with E-state index in [1.165, 1.54) is 0 Å². The third-order valence-electron chi connectivity index (χ3n) is 3.73. The Morgan fingerprint density at radius 2 is 2.32 bits per heavy atom. The number of amides is 2. The van der Waals surface area contributed by atoms with Gasteiger partial charge in [0.1, 0.15) is 5.82 Å². The third kappa shape index (κ3) is 4.64. The number of nitrogens with one attached hydrogen (secondary N) is 2. The van der Waals surface area contributed by atoms with E-state index in [2.05, 4.69) is 20.6 Å². The van der Waals surface area contributed by atoms with E-state index >= 15 is 0 Å². The molecule has 1 unspecified atom stereocenters. The Kier molecular flexibility index (Phi) is 5.62. The van der Waals surface area contributed by atoms with Crippen LogP contribution in [-0.4, -0.2) is 52.6 Å². The third-order valence-corrected chi connectivity index (χ3v) is 3.73. The van der Waals surface area contributed by atoms with Crippen LogP contribution in [0.15, 0.2) is 12.3 Å². The number of carbonyl (C=O) groups is 2. The number of aromatic nitrogens is 2. The monoisotopic (exact) mass is 309 g/mol. The van der Waals surface area contributed by atoms with Gasteiger partial charge in [-0.1, -0.05) is 0 Å². The standard InChI is InChI=1S/C14H23N5O3/c1-18-12(6-8-16-18)19-9-3-4-11(10-19)17-14(22)15-7-2-5-13(20)21/h6,8,11H,2-5,7,9-10H2,1H3,(H,20,21)(H2,15,17,22). The van der Waals surface area contributed by atoms with Crippen molar-refractivity contribution in [2.24, 2.45) is 7.05 Å². The first-order chi connectivity index (χ1) is 10.6. The first-order valence-electron chi connectivity index (χ1n) is 7.55. The van der Waals surface area contributed by atoms with Crippen molar-refractivity contribution < 1.29 is 14.7 Å². The molecule has 2 amide bonds. The summed E-state index contributed by atoms with van der Waals surface area (Å²) in [4.78, 5) is 24.4. The first-order valence-corrected chi connectivity index (χ1v) is 7.55. The summed E-state index contributed by atoms with van der Waals surface area (Å²) in [5, 5.41) is 18.4. The van der Waals surface area contributed by atoms with E-state index in [4.69, 9.17) is 5.11 Å². The van der Waals surface area contributed by atoms with Crippen LogP contribution in [0.5, 0.6) is 0 Å². The molecular weight excluding hydrogens is 286 g/mol. The molecule has 1 saturated heterocycles. The molecule has 1 fully saturated rings. The molecule has 8 nitrogen and oxygen atoms in total. The lowest BCUT2D eigenvalue weighted by Gasteiger charge is -2.34. The molecule has 122 valence electrons. The van der Waals surface area contributed by atoms with Gasteiger partial charge < -0.3 is 20.6 Å². The number of carboxylic acids is 1. The highest BCUT2D eigenvalue weighted by atomic mass is 16.4. The number of nitrogens with zero attached hydrogens (tertiary/aromatic N) is 3. The normalized spacial score (nSPS) is 18.0. The fraction of sp³-hybridized carbons (Fsp3) is 0.643. The molecule has 1 aliphatic heterocycles. The lowest BCUT2D eigenvalue weighted by Crippen LogP contribution is -2.51. The summed E-state index contributed by atoms with van der Waals surface area (Å²) in [5.41, 5.74) is 0. The average molecular weight is 309 g/mol. The maximum Gasteiger partial charge on any atom is 0.315 e. The van der Waals surface area contributed by atoms with Crippen LogP contribution in [0.1, 0.15) is 25.7 Å². The van der Waals surface area contributed by atoms with Crippen LogP contribution in [0.25, 0.3) is 0 Å². The minimum atomic E-state index is -0.846. The van der Waals surface area contributed by atoms with Crippen molar-refractivity contribution in [3.63, 3.8) is 0 Å². The molecule has 3 N–H and O–H groups in total. The second-order valence-corrected chi connectivity index (χ2v) is 5.50. The Morgan fingerprint density at radius 3 is 3.00 bits per heavy atom. The summed E-state index contributed by atoms with van der Waals surface area (Å²) < 4.78 is 1.83. The molecule has 22 heavy (non-hydrogen) atoms. The Labute approximate surface area is 129 Å². The van der Waals surface area contributed by atoms with E-state index in [1.54, 1.807) is 6.20 Å². The zero-order valence-electron chi connectivity index (χ0n) is 12.8.